The SMILES string of the molecule is CC1CCC(C(O)c2cccc3c2OCC3)C1. The molecular formula is C15H20O2. The van der Waals surface area contributed by atoms with Gasteiger partial charge in [-0.25, -0.2) is 0 Å². The van der Waals surface area contributed by atoms with Gasteiger partial charge in [0, 0.05) is 12.0 Å². The predicted octanol–water partition coefficient (Wildman–Crippen LogP) is 3.09. The molecule has 1 aromatic rings. The first-order chi connectivity index (χ1) is 8.25. The number of hydrogen-bond acceptors (Lipinski definition) is 2. The predicted molar refractivity (Wildman–Crippen MR) is 67.1 cm³/mol. The van der Waals surface area contributed by atoms with Crippen LogP contribution in [0.2, 0.25) is 0 Å². The molecule has 3 unspecified atom stereocenters. The summed E-state index contributed by atoms with van der Waals surface area (Å²) in [6, 6.07) is 6.18. The fourth-order valence-corrected chi connectivity index (χ4v) is 3.27. The average Bonchev–Trinajstić information content (AvgIpc) is 2.95. The summed E-state index contributed by atoms with van der Waals surface area (Å²) in [5, 5.41) is 10.5. The molecule has 17 heavy (non-hydrogen) atoms. The Labute approximate surface area is 103 Å². The summed E-state index contributed by atoms with van der Waals surface area (Å²) >= 11 is 0. The van der Waals surface area contributed by atoms with Crippen LogP contribution in [0.3, 0.4) is 0 Å². The van der Waals surface area contributed by atoms with E-state index in [1.807, 2.05) is 12.1 Å². The van der Waals surface area contributed by atoms with Gasteiger partial charge in [0.1, 0.15) is 5.75 Å². The smallest absolute Gasteiger partial charge is 0.128 e. The molecule has 1 saturated carbocycles. The molecule has 1 aromatic carbocycles. The maximum atomic E-state index is 10.5. The summed E-state index contributed by atoms with van der Waals surface area (Å²) in [5.74, 6) is 2.13. The van der Waals surface area contributed by atoms with E-state index in [0.717, 1.165) is 43.1 Å². The highest BCUT2D eigenvalue weighted by Gasteiger charge is 2.31. The quantitative estimate of drug-likeness (QED) is 0.849. The minimum atomic E-state index is -0.340. The van der Waals surface area contributed by atoms with Crippen LogP contribution in [0.15, 0.2) is 18.2 Å². The molecule has 0 bridgehead atoms. The number of ether oxygens (including phenoxy) is 1. The second-order valence-electron chi connectivity index (χ2n) is 5.56. The van der Waals surface area contributed by atoms with Crippen molar-refractivity contribution in [1.29, 1.82) is 0 Å². The molecular weight excluding hydrogens is 212 g/mol. The van der Waals surface area contributed by atoms with E-state index in [2.05, 4.69) is 13.0 Å². The lowest BCUT2D eigenvalue weighted by atomic mass is 9.92. The van der Waals surface area contributed by atoms with Crippen molar-refractivity contribution < 1.29 is 9.84 Å². The van der Waals surface area contributed by atoms with E-state index in [-0.39, 0.29) is 6.10 Å². The van der Waals surface area contributed by atoms with Crippen molar-refractivity contribution in [2.75, 3.05) is 6.61 Å². The van der Waals surface area contributed by atoms with E-state index in [1.165, 1.54) is 12.0 Å². The van der Waals surface area contributed by atoms with Crippen LogP contribution in [0.5, 0.6) is 5.75 Å². The largest absolute Gasteiger partial charge is 0.493 e. The molecule has 0 aromatic heterocycles. The molecule has 2 heteroatoms. The molecule has 1 fully saturated rings. The zero-order chi connectivity index (χ0) is 11.8. The van der Waals surface area contributed by atoms with Crippen molar-refractivity contribution in [3.05, 3.63) is 29.3 Å². The van der Waals surface area contributed by atoms with Gasteiger partial charge in [0.05, 0.1) is 12.7 Å². The Morgan fingerprint density at radius 2 is 2.24 bits per heavy atom. The van der Waals surface area contributed by atoms with Crippen molar-refractivity contribution in [2.45, 2.75) is 38.7 Å². The van der Waals surface area contributed by atoms with E-state index in [1.54, 1.807) is 0 Å². The highest BCUT2D eigenvalue weighted by Crippen LogP contribution is 2.43. The van der Waals surface area contributed by atoms with Gasteiger partial charge < -0.3 is 9.84 Å². The third kappa shape index (κ3) is 1.95. The zero-order valence-corrected chi connectivity index (χ0v) is 10.4. The van der Waals surface area contributed by atoms with Crippen LogP contribution < -0.4 is 4.74 Å². The van der Waals surface area contributed by atoms with Crippen LogP contribution in [0.1, 0.15) is 43.4 Å². The van der Waals surface area contributed by atoms with Crippen LogP contribution in [-0.4, -0.2) is 11.7 Å². The Kier molecular flexibility index (Phi) is 2.83. The van der Waals surface area contributed by atoms with Gasteiger partial charge >= 0.3 is 0 Å². The van der Waals surface area contributed by atoms with Crippen LogP contribution in [-0.2, 0) is 6.42 Å². The van der Waals surface area contributed by atoms with Crippen molar-refractivity contribution in [3.63, 3.8) is 0 Å². The lowest BCUT2D eigenvalue weighted by Gasteiger charge is -2.20. The fraction of sp³-hybridized carbons (Fsp3) is 0.600. The van der Waals surface area contributed by atoms with E-state index < -0.39 is 0 Å². The zero-order valence-electron chi connectivity index (χ0n) is 10.4. The normalized spacial score (nSPS) is 28.8. The highest BCUT2D eigenvalue weighted by atomic mass is 16.5. The Morgan fingerprint density at radius 3 is 3.00 bits per heavy atom. The number of fused-ring (bicyclic) bond motifs is 1. The van der Waals surface area contributed by atoms with E-state index >= 15 is 0 Å². The Hall–Kier alpha value is -1.02. The third-order valence-electron chi connectivity index (χ3n) is 4.25. The van der Waals surface area contributed by atoms with E-state index in [0.29, 0.717) is 5.92 Å². The van der Waals surface area contributed by atoms with Crippen molar-refractivity contribution >= 4 is 0 Å². The lowest BCUT2D eigenvalue weighted by Crippen LogP contribution is -2.10. The summed E-state index contributed by atoms with van der Waals surface area (Å²) < 4.78 is 5.68. The third-order valence-corrected chi connectivity index (χ3v) is 4.25. The second kappa shape index (κ2) is 4.34. The van der Waals surface area contributed by atoms with Gasteiger partial charge in [-0.15, -0.1) is 0 Å². The first kappa shape index (κ1) is 11.1. The van der Waals surface area contributed by atoms with Crippen LogP contribution >= 0.6 is 0 Å². The molecule has 1 aliphatic carbocycles. The summed E-state index contributed by atoms with van der Waals surface area (Å²) in [6.45, 7) is 3.04. The summed E-state index contributed by atoms with van der Waals surface area (Å²) in [5.41, 5.74) is 2.27. The molecule has 0 spiro atoms. The molecule has 3 rings (SSSR count). The fourth-order valence-electron chi connectivity index (χ4n) is 3.27. The molecule has 1 aliphatic heterocycles. The van der Waals surface area contributed by atoms with Gasteiger partial charge in [-0.2, -0.15) is 0 Å². The van der Waals surface area contributed by atoms with Crippen molar-refractivity contribution in [1.82, 2.24) is 0 Å². The molecule has 0 radical (unpaired) electrons. The minimum Gasteiger partial charge on any atom is -0.493 e. The molecule has 1 N–H and O–H groups in total. The van der Waals surface area contributed by atoms with Gasteiger partial charge in [0.15, 0.2) is 0 Å². The van der Waals surface area contributed by atoms with E-state index in [4.69, 9.17) is 4.74 Å². The van der Waals surface area contributed by atoms with Gasteiger partial charge in [-0.1, -0.05) is 31.5 Å². The number of hydrogen-bond donors (Lipinski definition) is 1. The minimum absolute atomic E-state index is 0.340. The summed E-state index contributed by atoms with van der Waals surface area (Å²) in [6.07, 6.45) is 4.18. The summed E-state index contributed by atoms with van der Waals surface area (Å²) in [4.78, 5) is 0. The Bertz CT molecular complexity index is 413. The van der Waals surface area contributed by atoms with Gasteiger partial charge in [0.2, 0.25) is 0 Å². The summed E-state index contributed by atoms with van der Waals surface area (Å²) in [7, 11) is 0. The maximum Gasteiger partial charge on any atom is 0.128 e. The van der Waals surface area contributed by atoms with Crippen molar-refractivity contribution in [3.8, 4) is 5.75 Å². The standard InChI is InChI=1S/C15H20O2/c1-10-5-6-12(9-10)14(16)13-4-2-3-11-7-8-17-15(11)13/h2-4,10,12,14,16H,5-9H2,1H3. The number of para-hydroxylation sites is 1. The number of aliphatic hydroxyl groups excluding tert-OH is 1. The average molecular weight is 232 g/mol. The number of benzene rings is 1. The maximum absolute atomic E-state index is 10.5. The first-order valence-electron chi connectivity index (χ1n) is 6.68. The molecule has 0 saturated heterocycles. The highest BCUT2D eigenvalue weighted by molar-refractivity contribution is 5.45. The van der Waals surface area contributed by atoms with Crippen LogP contribution in [0, 0.1) is 11.8 Å². The molecule has 2 aliphatic rings. The molecule has 92 valence electrons. The Balaban J connectivity index is 1.86. The van der Waals surface area contributed by atoms with Gasteiger partial charge in [-0.05, 0) is 30.2 Å². The van der Waals surface area contributed by atoms with E-state index in [9.17, 15) is 5.11 Å². The molecule has 3 atom stereocenters. The Morgan fingerprint density at radius 1 is 1.35 bits per heavy atom. The molecule has 0 amide bonds. The second-order valence-corrected chi connectivity index (χ2v) is 5.56. The van der Waals surface area contributed by atoms with Crippen LogP contribution in [0.4, 0.5) is 0 Å². The molecule has 2 nitrogen and oxygen atoms in total. The van der Waals surface area contributed by atoms with Gasteiger partial charge in [-0.3, -0.25) is 0 Å². The van der Waals surface area contributed by atoms with Gasteiger partial charge in [0.25, 0.3) is 0 Å². The monoisotopic (exact) mass is 232 g/mol. The number of aliphatic hydroxyl groups is 1. The van der Waals surface area contributed by atoms with Crippen LogP contribution in [0.25, 0.3) is 0 Å². The topological polar surface area (TPSA) is 29.5 Å². The lowest BCUT2D eigenvalue weighted by molar-refractivity contribution is 0.106. The number of rotatable bonds is 2. The first-order valence-corrected chi connectivity index (χ1v) is 6.68. The van der Waals surface area contributed by atoms with Crippen molar-refractivity contribution in [2.24, 2.45) is 11.8 Å². The molecule has 1 heterocycles.